The number of aromatic carboxylic acids is 1. The van der Waals surface area contributed by atoms with Crippen molar-refractivity contribution < 1.29 is 19.1 Å². The van der Waals surface area contributed by atoms with Gasteiger partial charge in [-0.3, -0.25) is 0 Å². The van der Waals surface area contributed by atoms with Gasteiger partial charge in [-0.25, -0.2) is 19.0 Å². The Kier molecular flexibility index (Phi) is 4.50. The summed E-state index contributed by atoms with van der Waals surface area (Å²) in [6, 6.07) is 2.87. The van der Waals surface area contributed by atoms with Gasteiger partial charge in [-0.15, -0.1) is 0 Å². The number of anilines is 1. The molecule has 2 rings (SSSR count). The van der Waals surface area contributed by atoms with E-state index in [-0.39, 0.29) is 5.69 Å². The third kappa shape index (κ3) is 4.03. The molecule has 0 atom stereocenters. The highest BCUT2D eigenvalue weighted by atomic mass is 19.1. The topological polar surface area (TPSA) is 107 Å². The summed E-state index contributed by atoms with van der Waals surface area (Å²) in [4.78, 5) is 29.0. The molecule has 0 saturated heterocycles. The van der Waals surface area contributed by atoms with E-state index < -0.39 is 23.4 Å². The van der Waals surface area contributed by atoms with E-state index in [1.807, 2.05) is 0 Å². The molecule has 8 heteroatoms. The fraction of sp³-hybridized carbons (Fsp3) is 0.154. The first-order valence-electron chi connectivity index (χ1n) is 6.11. The number of aromatic amines is 1. The number of hydrogen-bond donors (Lipinski definition) is 4. The molecule has 0 spiro atoms. The van der Waals surface area contributed by atoms with Crippen molar-refractivity contribution in [2.45, 2.75) is 6.42 Å². The van der Waals surface area contributed by atoms with Gasteiger partial charge in [-0.2, -0.15) is 0 Å². The van der Waals surface area contributed by atoms with Gasteiger partial charge in [0.15, 0.2) is 0 Å². The Balaban J connectivity index is 1.85. The maximum Gasteiger partial charge on any atom is 0.338 e. The Labute approximate surface area is 119 Å². The average Bonchev–Trinajstić information content (AvgIpc) is 2.91. The molecule has 0 saturated carbocycles. The number of benzene rings is 1. The number of amides is 2. The molecule has 0 aliphatic rings. The van der Waals surface area contributed by atoms with Crippen molar-refractivity contribution in [3.63, 3.8) is 0 Å². The number of aromatic nitrogens is 2. The molecule has 1 heterocycles. The van der Waals surface area contributed by atoms with Crippen LogP contribution in [0.1, 0.15) is 16.1 Å². The van der Waals surface area contributed by atoms with Crippen LogP contribution in [-0.2, 0) is 6.42 Å². The predicted molar refractivity (Wildman–Crippen MR) is 72.7 cm³/mol. The van der Waals surface area contributed by atoms with Crippen LogP contribution in [0.2, 0.25) is 0 Å². The number of urea groups is 1. The molecule has 21 heavy (non-hydrogen) atoms. The normalized spacial score (nSPS) is 10.1. The van der Waals surface area contributed by atoms with Gasteiger partial charge in [0.2, 0.25) is 0 Å². The quantitative estimate of drug-likeness (QED) is 0.671. The zero-order valence-electron chi connectivity index (χ0n) is 10.9. The fourth-order valence-electron chi connectivity index (χ4n) is 1.67. The van der Waals surface area contributed by atoms with Crippen molar-refractivity contribution >= 4 is 17.7 Å². The molecule has 0 aliphatic carbocycles. The summed E-state index contributed by atoms with van der Waals surface area (Å²) >= 11 is 0. The molecule has 7 nitrogen and oxygen atoms in total. The van der Waals surface area contributed by atoms with Crippen molar-refractivity contribution in [1.29, 1.82) is 0 Å². The molecular formula is C13H13FN4O3. The van der Waals surface area contributed by atoms with Crippen LogP contribution < -0.4 is 10.6 Å². The Morgan fingerprint density at radius 3 is 2.81 bits per heavy atom. The van der Waals surface area contributed by atoms with Crippen molar-refractivity contribution in [2.75, 3.05) is 11.9 Å². The van der Waals surface area contributed by atoms with Crippen LogP contribution in [-0.4, -0.2) is 33.6 Å². The lowest BCUT2D eigenvalue weighted by Gasteiger charge is -2.08. The Morgan fingerprint density at radius 2 is 2.19 bits per heavy atom. The lowest BCUT2D eigenvalue weighted by molar-refractivity contribution is 0.0692. The number of carboxylic acids is 1. The van der Waals surface area contributed by atoms with Gasteiger partial charge in [0.05, 0.1) is 11.9 Å². The van der Waals surface area contributed by atoms with Crippen LogP contribution in [0.3, 0.4) is 0 Å². The minimum Gasteiger partial charge on any atom is -0.478 e. The molecule has 1 aromatic carbocycles. The first-order valence-corrected chi connectivity index (χ1v) is 6.11. The maximum atomic E-state index is 13.4. The molecule has 110 valence electrons. The second-order valence-electron chi connectivity index (χ2n) is 4.21. The van der Waals surface area contributed by atoms with E-state index in [2.05, 4.69) is 20.6 Å². The van der Waals surface area contributed by atoms with E-state index in [1.165, 1.54) is 6.07 Å². The predicted octanol–water partition coefficient (Wildman–Crippen LogP) is 1.61. The summed E-state index contributed by atoms with van der Waals surface area (Å²) < 4.78 is 13.4. The third-order valence-corrected chi connectivity index (χ3v) is 2.69. The van der Waals surface area contributed by atoms with Gasteiger partial charge < -0.3 is 20.7 Å². The van der Waals surface area contributed by atoms with Crippen LogP contribution in [0, 0.1) is 5.82 Å². The number of rotatable bonds is 5. The number of carbonyl (C=O) groups excluding carboxylic acids is 1. The smallest absolute Gasteiger partial charge is 0.338 e. The maximum absolute atomic E-state index is 13.4. The molecule has 1 aromatic heterocycles. The highest BCUT2D eigenvalue weighted by Gasteiger charge is 2.11. The number of H-pyrrole nitrogens is 1. The molecular weight excluding hydrogens is 279 g/mol. The first-order chi connectivity index (χ1) is 10.1. The molecule has 0 bridgehead atoms. The highest BCUT2D eigenvalue weighted by molar-refractivity contribution is 5.91. The van der Waals surface area contributed by atoms with Crippen LogP contribution in [0.25, 0.3) is 0 Å². The van der Waals surface area contributed by atoms with Gasteiger partial charge in [0.1, 0.15) is 5.82 Å². The number of hydrogen-bond acceptors (Lipinski definition) is 3. The SMILES string of the molecule is O=C(NCCc1cnc[nH]1)Nc1ccc(C(=O)O)c(F)c1. The molecule has 4 N–H and O–H groups in total. The van der Waals surface area contributed by atoms with Crippen LogP contribution in [0.15, 0.2) is 30.7 Å². The van der Waals surface area contributed by atoms with Crippen LogP contribution in [0.4, 0.5) is 14.9 Å². The molecule has 0 fully saturated rings. The Bertz CT molecular complexity index is 643. The Hall–Kier alpha value is -2.90. The number of nitrogens with zero attached hydrogens (tertiary/aromatic N) is 1. The lowest BCUT2D eigenvalue weighted by atomic mass is 10.2. The number of nitrogens with one attached hydrogen (secondary N) is 3. The number of imidazole rings is 1. The van der Waals surface area contributed by atoms with E-state index in [0.717, 1.165) is 17.8 Å². The minimum absolute atomic E-state index is 0.177. The summed E-state index contributed by atoms with van der Waals surface area (Å²) in [6.45, 7) is 0.379. The lowest BCUT2D eigenvalue weighted by Crippen LogP contribution is -2.30. The van der Waals surface area contributed by atoms with E-state index >= 15 is 0 Å². The second kappa shape index (κ2) is 6.51. The number of carboxylic acid groups (broad SMARTS) is 1. The van der Waals surface area contributed by atoms with Crippen molar-refractivity contribution in [2.24, 2.45) is 0 Å². The first kappa shape index (κ1) is 14.5. The fourth-order valence-corrected chi connectivity index (χ4v) is 1.67. The van der Waals surface area contributed by atoms with E-state index in [9.17, 15) is 14.0 Å². The van der Waals surface area contributed by atoms with Gasteiger partial charge >= 0.3 is 12.0 Å². The van der Waals surface area contributed by atoms with Crippen LogP contribution in [0.5, 0.6) is 0 Å². The van der Waals surface area contributed by atoms with E-state index in [4.69, 9.17) is 5.11 Å². The van der Waals surface area contributed by atoms with Crippen molar-refractivity contribution in [3.05, 3.63) is 47.8 Å². The number of carbonyl (C=O) groups is 2. The van der Waals surface area contributed by atoms with Gasteiger partial charge in [-0.1, -0.05) is 0 Å². The average molecular weight is 292 g/mol. The van der Waals surface area contributed by atoms with Crippen molar-refractivity contribution in [3.8, 4) is 0 Å². The highest BCUT2D eigenvalue weighted by Crippen LogP contribution is 2.14. The van der Waals surface area contributed by atoms with Gasteiger partial charge in [-0.05, 0) is 18.2 Å². The van der Waals surface area contributed by atoms with Crippen molar-refractivity contribution in [1.82, 2.24) is 15.3 Å². The minimum atomic E-state index is -1.36. The monoisotopic (exact) mass is 292 g/mol. The Morgan fingerprint density at radius 1 is 1.38 bits per heavy atom. The van der Waals surface area contributed by atoms with Gasteiger partial charge in [0.25, 0.3) is 0 Å². The number of halogens is 1. The molecule has 0 aliphatic heterocycles. The second-order valence-corrected chi connectivity index (χ2v) is 4.21. The zero-order valence-corrected chi connectivity index (χ0v) is 10.9. The molecule has 2 aromatic rings. The molecule has 0 unspecified atom stereocenters. The largest absolute Gasteiger partial charge is 0.478 e. The third-order valence-electron chi connectivity index (χ3n) is 2.69. The standard InChI is InChI=1S/C13H13FN4O3/c14-11-5-8(1-2-10(11)12(19)20)18-13(21)16-4-3-9-6-15-7-17-9/h1-2,5-7H,3-4H2,(H,15,17)(H,19,20)(H2,16,18,21). The molecule has 0 radical (unpaired) electrons. The summed E-state index contributed by atoms with van der Waals surface area (Å²) in [5.74, 6) is -2.26. The van der Waals surface area contributed by atoms with Gasteiger partial charge in [0, 0.05) is 30.5 Å². The zero-order chi connectivity index (χ0) is 15.2. The van der Waals surface area contributed by atoms with E-state index in [1.54, 1.807) is 12.5 Å². The van der Waals surface area contributed by atoms with E-state index in [0.29, 0.717) is 13.0 Å². The molecule has 2 amide bonds. The van der Waals surface area contributed by atoms with Crippen LogP contribution >= 0.6 is 0 Å². The summed E-state index contributed by atoms with van der Waals surface area (Å²) in [7, 11) is 0. The summed E-state index contributed by atoms with van der Waals surface area (Å²) in [5, 5.41) is 13.7. The summed E-state index contributed by atoms with van der Waals surface area (Å²) in [5.41, 5.74) is 0.615. The summed E-state index contributed by atoms with van der Waals surface area (Å²) in [6.07, 6.45) is 3.78.